The van der Waals surface area contributed by atoms with Gasteiger partial charge in [0.2, 0.25) is 0 Å². The van der Waals surface area contributed by atoms with E-state index in [0.29, 0.717) is 31.6 Å². The molecule has 5 nitrogen and oxygen atoms in total. The largest absolute Gasteiger partial charge is 0.390 e. The number of carbonyl (C=O) groups excluding carboxylic acids is 1. The molecule has 5 heteroatoms. The van der Waals surface area contributed by atoms with Gasteiger partial charge in [0.05, 0.1) is 18.1 Å². The maximum Gasteiger partial charge on any atom is 0.271 e. The Morgan fingerprint density at radius 2 is 2.27 bits per heavy atom. The fourth-order valence-corrected chi connectivity index (χ4v) is 1.73. The summed E-state index contributed by atoms with van der Waals surface area (Å²) in [5.41, 5.74) is -0.110. The molecule has 15 heavy (non-hydrogen) atoms. The highest BCUT2D eigenvalue weighted by molar-refractivity contribution is 5.92. The maximum atomic E-state index is 11.8. The van der Waals surface area contributed by atoms with Crippen LogP contribution in [0.15, 0.2) is 12.5 Å². The summed E-state index contributed by atoms with van der Waals surface area (Å²) in [7, 11) is 0. The van der Waals surface area contributed by atoms with Crippen LogP contribution in [0.1, 0.15) is 30.3 Å². The summed E-state index contributed by atoms with van der Waals surface area (Å²) in [4.78, 5) is 20.2. The molecule has 0 spiro atoms. The average Bonchev–Trinajstić information content (AvgIpc) is 2.69. The second-order valence-corrected chi connectivity index (χ2v) is 4.25. The molecule has 0 unspecified atom stereocenters. The van der Waals surface area contributed by atoms with Crippen LogP contribution in [0.25, 0.3) is 0 Å². The lowest BCUT2D eigenvalue weighted by atomic mass is 9.94. The first-order valence-electron chi connectivity index (χ1n) is 5.08. The molecule has 1 amide bonds. The molecule has 0 aliphatic carbocycles. The van der Waals surface area contributed by atoms with E-state index in [1.54, 1.807) is 4.90 Å². The monoisotopic (exact) mass is 209 g/mol. The third-order valence-corrected chi connectivity index (χ3v) is 2.86. The van der Waals surface area contributed by atoms with E-state index >= 15 is 0 Å². The van der Waals surface area contributed by atoms with Crippen molar-refractivity contribution in [1.29, 1.82) is 0 Å². The third kappa shape index (κ3) is 2.18. The Bertz CT molecular complexity index is 336. The van der Waals surface area contributed by atoms with E-state index < -0.39 is 5.60 Å². The summed E-state index contributed by atoms with van der Waals surface area (Å²) in [6.07, 6.45) is 4.28. The average molecular weight is 209 g/mol. The van der Waals surface area contributed by atoms with Crippen LogP contribution in [-0.4, -0.2) is 44.6 Å². The fourth-order valence-electron chi connectivity index (χ4n) is 1.73. The summed E-state index contributed by atoms with van der Waals surface area (Å²) in [6.45, 7) is 3.01. The minimum atomic E-state index is -0.620. The standard InChI is InChI=1S/C10H15N3O2/c1-10(15)2-4-13(5-3-10)9(14)8-6-11-7-12-8/h6-7,15H,2-5H2,1H3,(H,11,12). The summed E-state index contributed by atoms with van der Waals surface area (Å²) < 4.78 is 0. The van der Waals surface area contributed by atoms with Gasteiger partial charge in [-0.2, -0.15) is 0 Å². The lowest BCUT2D eigenvalue weighted by Gasteiger charge is -2.35. The van der Waals surface area contributed by atoms with Gasteiger partial charge in [-0.05, 0) is 19.8 Å². The van der Waals surface area contributed by atoms with Crippen molar-refractivity contribution in [3.05, 3.63) is 18.2 Å². The lowest BCUT2D eigenvalue weighted by molar-refractivity contribution is -0.00217. The normalized spacial score (nSPS) is 20.3. The molecular formula is C10H15N3O2. The number of H-pyrrole nitrogens is 1. The van der Waals surface area contributed by atoms with Crippen molar-refractivity contribution >= 4 is 5.91 Å². The van der Waals surface area contributed by atoms with Gasteiger partial charge in [0.15, 0.2) is 0 Å². The molecule has 0 atom stereocenters. The van der Waals surface area contributed by atoms with Gasteiger partial charge in [-0.3, -0.25) is 4.79 Å². The van der Waals surface area contributed by atoms with Crippen molar-refractivity contribution in [3.8, 4) is 0 Å². The van der Waals surface area contributed by atoms with Crippen LogP contribution in [-0.2, 0) is 0 Å². The van der Waals surface area contributed by atoms with Crippen LogP contribution in [0.4, 0.5) is 0 Å². The Labute approximate surface area is 88.1 Å². The number of amides is 1. The number of nitrogens with one attached hydrogen (secondary N) is 1. The number of imidazole rings is 1. The van der Waals surface area contributed by atoms with Crippen molar-refractivity contribution in [2.24, 2.45) is 0 Å². The zero-order chi connectivity index (χ0) is 10.9. The molecule has 0 saturated carbocycles. The van der Waals surface area contributed by atoms with Crippen molar-refractivity contribution in [2.75, 3.05) is 13.1 Å². The maximum absolute atomic E-state index is 11.8. The number of carbonyl (C=O) groups is 1. The fraction of sp³-hybridized carbons (Fsp3) is 0.600. The Hall–Kier alpha value is -1.36. The Morgan fingerprint density at radius 1 is 1.60 bits per heavy atom. The lowest BCUT2D eigenvalue weighted by Crippen LogP contribution is -2.45. The predicted octanol–water partition coefficient (Wildman–Crippen LogP) is 0.397. The van der Waals surface area contributed by atoms with Crippen LogP contribution >= 0.6 is 0 Å². The molecule has 0 bridgehead atoms. The highest BCUT2D eigenvalue weighted by atomic mass is 16.3. The summed E-state index contributed by atoms with van der Waals surface area (Å²) in [6, 6.07) is 0. The number of likely N-dealkylation sites (tertiary alicyclic amines) is 1. The zero-order valence-electron chi connectivity index (χ0n) is 8.73. The Morgan fingerprint density at radius 3 is 2.80 bits per heavy atom. The second kappa shape index (κ2) is 3.66. The highest BCUT2D eigenvalue weighted by Crippen LogP contribution is 2.21. The van der Waals surface area contributed by atoms with E-state index in [4.69, 9.17) is 0 Å². The predicted molar refractivity (Wildman–Crippen MR) is 54.3 cm³/mol. The first-order chi connectivity index (χ1) is 7.08. The van der Waals surface area contributed by atoms with Gasteiger partial charge >= 0.3 is 0 Å². The second-order valence-electron chi connectivity index (χ2n) is 4.25. The van der Waals surface area contributed by atoms with Gasteiger partial charge in [0.1, 0.15) is 5.69 Å². The molecule has 1 aromatic heterocycles. The van der Waals surface area contributed by atoms with Crippen molar-refractivity contribution in [2.45, 2.75) is 25.4 Å². The number of aromatic amines is 1. The minimum Gasteiger partial charge on any atom is -0.390 e. The number of hydrogen-bond acceptors (Lipinski definition) is 3. The van der Waals surface area contributed by atoms with E-state index in [-0.39, 0.29) is 5.91 Å². The van der Waals surface area contributed by atoms with Gasteiger partial charge in [-0.15, -0.1) is 0 Å². The molecule has 1 fully saturated rings. The van der Waals surface area contributed by atoms with Gasteiger partial charge in [0.25, 0.3) is 5.91 Å². The van der Waals surface area contributed by atoms with Crippen molar-refractivity contribution in [3.63, 3.8) is 0 Å². The number of piperidine rings is 1. The van der Waals surface area contributed by atoms with Crippen LogP contribution in [0.3, 0.4) is 0 Å². The van der Waals surface area contributed by atoms with Crippen LogP contribution < -0.4 is 0 Å². The molecule has 82 valence electrons. The molecular weight excluding hydrogens is 194 g/mol. The summed E-state index contributed by atoms with van der Waals surface area (Å²) in [5.74, 6) is -0.0389. The van der Waals surface area contributed by atoms with Crippen LogP contribution in [0.5, 0.6) is 0 Å². The Balaban J connectivity index is 2.00. The topological polar surface area (TPSA) is 69.2 Å². The molecule has 2 rings (SSSR count). The van der Waals surface area contributed by atoms with Gasteiger partial charge in [-0.25, -0.2) is 4.98 Å². The summed E-state index contributed by atoms with van der Waals surface area (Å²) >= 11 is 0. The third-order valence-electron chi connectivity index (χ3n) is 2.86. The van der Waals surface area contributed by atoms with E-state index in [0.717, 1.165) is 0 Å². The van der Waals surface area contributed by atoms with Crippen LogP contribution in [0.2, 0.25) is 0 Å². The van der Waals surface area contributed by atoms with E-state index in [2.05, 4.69) is 9.97 Å². The molecule has 0 aromatic carbocycles. The number of aromatic nitrogens is 2. The van der Waals surface area contributed by atoms with Crippen molar-refractivity contribution < 1.29 is 9.90 Å². The van der Waals surface area contributed by atoms with Gasteiger partial charge in [-0.1, -0.05) is 0 Å². The summed E-state index contributed by atoms with van der Waals surface area (Å²) in [5, 5.41) is 9.75. The van der Waals surface area contributed by atoms with Crippen molar-refractivity contribution in [1.82, 2.24) is 14.9 Å². The quantitative estimate of drug-likeness (QED) is 0.703. The number of nitrogens with zero attached hydrogens (tertiary/aromatic N) is 2. The molecule has 1 aromatic rings. The van der Waals surface area contributed by atoms with E-state index in [1.165, 1.54) is 12.5 Å². The first kappa shape index (κ1) is 10.2. The van der Waals surface area contributed by atoms with Gasteiger partial charge in [0, 0.05) is 13.1 Å². The minimum absolute atomic E-state index is 0.0389. The smallest absolute Gasteiger partial charge is 0.271 e. The van der Waals surface area contributed by atoms with E-state index in [1.807, 2.05) is 6.92 Å². The molecule has 1 aliphatic heterocycles. The van der Waals surface area contributed by atoms with E-state index in [9.17, 15) is 9.90 Å². The highest BCUT2D eigenvalue weighted by Gasteiger charge is 2.30. The molecule has 2 heterocycles. The number of aliphatic hydroxyl groups is 1. The molecule has 2 N–H and O–H groups in total. The Kier molecular flexibility index (Phi) is 2.48. The molecule has 1 saturated heterocycles. The first-order valence-corrected chi connectivity index (χ1v) is 5.08. The SMILES string of the molecule is CC1(O)CCN(C(=O)c2cnc[nH]2)CC1. The zero-order valence-corrected chi connectivity index (χ0v) is 8.73. The van der Waals surface area contributed by atoms with Crippen LogP contribution in [0, 0.1) is 0 Å². The molecule has 0 radical (unpaired) electrons. The number of hydrogen-bond donors (Lipinski definition) is 2. The van der Waals surface area contributed by atoms with Gasteiger partial charge < -0.3 is 15.0 Å². The number of rotatable bonds is 1. The molecule has 1 aliphatic rings.